The van der Waals surface area contributed by atoms with Gasteiger partial charge in [0.2, 0.25) is 0 Å². The zero-order valence-corrected chi connectivity index (χ0v) is 9.17. The Kier molecular flexibility index (Phi) is 3.55. The minimum Gasteiger partial charge on any atom is -0.497 e. The van der Waals surface area contributed by atoms with E-state index in [2.05, 4.69) is 29.4 Å². The molecule has 0 aliphatic heterocycles. The number of allylic oxidation sites excluding steroid dienone is 1. The third-order valence-corrected chi connectivity index (χ3v) is 2.30. The summed E-state index contributed by atoms with van der Waals surface area (Å²) in [5, 5.41) is 0. The SMILES string of the molecule is [CH2]C(C=C)c1cc(Br)cc(OC)c1. The Morgan fingerprint density at radius 3 is 2.69 bits per heavy atom. The van der Waals surface area contributed by atoms with Crippen LogP contribution in [-0.2, 0) is 0 Å². The van der Waals surface area contributed by atoms with Gasteiger partial charge < -0.3 is 4.74 Å². The van der Waals surface area contributed by atoms with Gasteiger partial charge >= 0.3 is 0 Å². The molecule has 1 unspecified atom stereocenters. The highest BCUT2D eigenvalue weighted by Crippen LogP contribution is 2.26. The van der Waals surface area contributed by atoms with Crippen LogP contribution >= 0.6 is 15.9 Å². The van der Waals surface area contributed by atoms with Crippen molar-refractivity contribution in [1.82, 2.24) is 0 Å². The van der Waals surface area contributed by atoms with E-state index < -0.39 is 0 Å². The molecule has 69 valence electrons. The van der Waals surface area contributed by atoms with Crippen molar-refractivity contribution < 1.29 is 4.74 Å². The second-order valence-corrected chi connectivity index (χ2v) is 3.68. The zero-order valence-electron chi connectivity index (χ0n) is 7.59. The normalized spacial score (nSPS) is 12.2. The molecule has 0 aliphatic rings. The lowest BCUT2D eigenvalue weighted by Crippen LogP contribution is -1.91. The summed E-state index contributed by atoms with van der Waals surface area (Å²) in [6, 6.07) is 5.89. The summed E-state index contributed by atoms with van der Waals surface area (Å²) in [5.74, 6) is 0.936. The summed E-state index contributed by atoms with van der Waals surface area (Å²) >= 11 is 3.41. The predicted octanol–water partition coefficient (Wildman–Crippen LogP) is 3.56. The highest BCUT2D eigenvalue weighted by Gasteiger charge is 2.04. The van der Waals surface area contributed by atoms with Crippen LogP contribution in [0.25, 0.3) is 0 Å². The fourth-order valence-corrected chi connectivity index (χ4v) is 1.54. The quantitative estimate of drug-likeness (QED) is 0.734. The number of halogens is 1. The molecule has 0 fully saturated rings. The maximum Gasteiger partial charge on any atom is 0.120 e. The fraction of sp³-hybridized carbons (Fsp3) is 0.182. The van der Waals surface area contributed by atoms with Crippen LogP contribution in [0.5, 0.6) is 5.75 Å². The number of rotatable bonds is 3. The molecule has 1 rings (SSSR count). The molecule has 0 saturated heterocycles. The molecular weight excluding hydrogens is 228 g/mol. The van der Waals surface area contributed by atoms with Crippen molar-refractivity contribution in [2.45, 2.75) is 5.92 Å². The predicted molar refractivity (Wildman–Crippen MR) is 59.0 cm³/mol. The molecule has 1 nitrogen and oxygen atoms in total. The van der Waals surface area contributed by atoms with Gasteiger partial charge in [-0.15, -0.1) is 6.58 Å². The second-order valence-electron chi connectivity index (χ2n) is 2.77. The van der Waals surface area contributed by atoms with Gasteiger partial charge in [-0.2, -0.15) is 0 Å². The van der Waals surface area contributed by atoms with Gasteiger partial charge in [0.1, 0.15) is 5.75 Å². The highest BCUT2D eigenvalue weighted by atomic mass is 79.9. The minimum atomic E-state index is 0.103. The molecule has 2 heteroatoms. The van der Waals surface area contributed by atoms with Gasteiger partial charge in [-0.1, -0.05) is 22.0 Å². The number of benzene rings is 1. The minimum absolute atomic E-state index is 0.103. The number of ether oxygens (including phenoxy) is 1. The zero-order chi connectivity index (χ0) is 9.84. The van der Waals surface area contributed by atoms with Gasteiger partial charge in [0.15, 0.2) is 0 Å². The van der Waals surface area contributed by atoms with Crippen molar-refractivity contribution in [3.05, 3.63) is 47.8 Å². The average molecular weight is 240 g/mol. The summed E-state index contributed by atoms with van der Waals surface area (Å²) in [6.07, 6.45) is 1.81. The lowest BCUT2D eigenvalue weighted by molar-refractivity contribution is 0.414. The molecular formula is C11H12BrO. The summed E-state index contributed by atoms with van der Waals surface area (Å²) < 4.78 is 6.14. The standard InChI is InChI=1S/C11H12BrO/c1-4-8(2)9-5-10(12)7-11(6-9)13-3/h4-8H,1-2H2,3H3. The number of hydrogen-bond acceptors (Lipinski definition) is 1. The largest absolute Gasteiger partial charge is 0.497 e. The topological polar surface area (TPSA) is 9.23 Å². The lowest BCUT2D eigenvalue weighted by Gasteiger charge is -2.09. The van der Waals surface area contributed by atoms with E-state index in [1.54, 1.807) is 13.2 Å². The maximum atomic E-state index is 5.14. The molecule has 0 N–H and O–H groups in total. The molecule has 0 bridgehead atoms. The lowest BCUT2D eigenvalue weighted by atomic mass is 10.0. The van der Waals surface area contributed by atoms with E-state index in [4.69, 9.17) is 4.74 Å². The Bertz CT molecular complexity index is 307. The third kappa shape index (κ3) is 2.59. The van der Waals surface area contributed by atoms with E-state index in [0.29, 0.717) is 0 Å². The first-order valence-electron chi connectivity index (χ1n) is 3.97. The number of methoxy groups -OCH3 is 1. The van der Waals surface area contributed by atoms with Crippen molar-refractivity contribution in [3.63, 3.8) is 0 Å². The van der Waals surface area contributed by atoms with E-state index in [1.165, 1.54) is 0 Å². The molecule has 1 aromatic rings. The maximum absolute atomic E-state index is 5.14. The molecule has 0 saturated carbocycles. The van der Waals surface area contributed by atoms with Crippen LogP contribution in [0, 0.1) is 6.92 Å². The molecule has 0 amide bonds. The van der Waals surface area contributed by atoms with E-state index in [9.17, 15) is 0 Å². The summed E-state index contributed by atoms with van der Waals surface area (Å²) in [4.78, 5) is 0. The van der Waals surface area contributed by atoms with E-state index in [0.717, 1.165) is 15.8 Å². The van der Waals surface area contributed by atoms with Gasteiger partial charge in [0.25, 0.3) is 0 Å². The summed E-state index contributed by atoms with van der Waals surface area (Å²) in [7, 11) is 1.65. The monoisotopic (exact) mass is 239 g/mol. The summed E-state index contributed by atoms with van der Waals surface area (Å²) in [5.41, 5.74) is 1.10. The first-order chi connectivity index (χ1) is 6.17. The smallest absolute Gasteiger partial charge is 0.120 e. The van der Waals surface area contributed by atoms with Crippen molar-refractivity contribution >= 4 is 15.9 Å². The molecule has 13 heavy (non-hydrogen) atoms. The van der Waals surface area contributed by atoms with Crippen LogP contribution in [-0.4, -0.2) is 7.11 Å². The van der Waals surface area contributed by atoms with E-state index >= 15 is 0 Å². The van der Waals surface area contributed by atoms with Crippen LogP contribution in [0.2, 0.25) is 0 Å². The van der Waals surface area contributed by atoms with Gasteiger partial charge in [-0.3, -0.25) is 0 Å². The Morgan fingerprint density at radius 1 is 1.46 bits per heavy atom. The molecule has 1 atom stereocenters. The highest BCUT2D eigenvalue weighted by molar-refractivity contribution is 9.10. The van der Waals surface area contributed by atoms with Crippen LogP contribution in [0.15, 0.2) is 35.3 Å². The van der Waals surface area contributed by atoms with Gasteiger partial charge in [0, 0.05) is 10.4 Å². The first kappa shape index (κ1) is 10.3. The van der Waals surface area contributed by atoms with Crippen LogP contribution in [0.1, 0.15) is 11.5 Å². The third-order valence-electron chi connectivity index (χ3n) is 1.84. The molecule has 0 spiro atoms. The van der Waals surface area contributed by atoms with Gasteiger partial charge in [-0.25, -0.2) is 0 Å². The Balaban J connectivity index is 3.07. The molecule has 0 aromatic heterocycles. The van der Waals surface area contributed by atoms with E-state index in [-0.39, 0.29) is 5.92 Å². The average Bonchev–Trinajstić information content (AvgIpc) is 2.15. The van der Waals surface area contributed by atoms with Crippen LogP contribution in [0.4, 0.5) is 0 Å². The van der Waals surface area contributed by atoms with Gasteiger partial charge in [0.05, 0.1) is 7.11 Å². The fourth-order valence-electron chi connectivity index (χ4n) is 1.05. The molecule has 1 radical (unpaired) electrons. The van der Waals surface area contributed by atoms with Gasteiger partial charge in [-0.05, 0) is 30.7 Å². The van der Waals surface area contributed by atoms with Crippen molar-refractivity contribution in [2.24, 2.45) is 0 Å². The van der Waals surface area contributed by atoms with Crippen LogP contribution < -0.4 is 4.74 Å². The second kappa shape index (κ2) is 4.47. The van der Waals surface area contributed by atoms with Crippen LogP contribution in [0.3, 0.4) is 0 Å². The Morgan fingerprint density at radius 2 is 2.15 bits per heavy atom. The number of hydrogen-bond donors (Lipinski definition) is 0. The first-order valence-corrected chi connectivity index (χ1v) is 4.76. The molecule has 0 heterocycles. The van der Waals surface area contributed by atoms with Crippen molar-refractivity contribution in [2.75, 3.05) is 7.11 Å². The summed E-state index contributed by atoms with van der Waals surface area (Å²) in [6.45, 7) is 7.65. The Hall–Kier alpha value is -0.760. The van der Waals surface area contributed by atoms with Crippen molar-refractivity contribution in [1.29, 1.82) is 0 Å². The van der Waals surface area contributed by atoms with Crippen molar-refractivity contribution in [3.8, 4) is 5.75 Å². The molecule has 0 aliphatic carbocycles. The Labute approximate surface area is 87.5 Å². The van der Waals surface area contributed by atoms with E-state index in [1.807, 2.05) is 18.2 Å². The molecule has 1 aromatic carbocycles.